The first-order chi connectivity index (χ1) is 15.8. The lowest BCUT2D eigenvalue weighted by atomic mass is 10.0. The number of thioether (sulfide) groups is 1. The van der Waals surface area contributed by atoms with Gasteiger partial charge in [-0.05, 0) is 41.5 Å². The minimum atomic E-state index is -0.414. The van der Waals surface area contributed by atoms with Crippen LogP contribution in [0, 0.1) is 0 Å². The van der Waals surface area contributed by atoms with Crippen LogP contribution in [0.3, 0.4) is 0 Å². The summed E-state index contributed by atoms with van der Waals surface area (Å²) in [5, 5.41) is 2.47. The zero-order valence-corrected chi connectivity index (χ0v) is 22.1. The van der Waals surface area contributed by atoms with Gasteiger partial charge in [-0.25, -0.2) is 0 Å². The molecule has 6 heteroatoms. The summed E-state index contributed by atoms with van der Waals surface area (Å²) in [6, 6.07) is 17.1. The van der Waals surface area contributed by atoms with Crippen LogP contribution in [0.4, 0.5) is 0 Å². The Labute approximate surface area is 213 Å². The highest BCUT2D eigenvalue weighted by Gasteiger charge is 2.37. The van der Waals surface area contributed by atoms with Crippen LogP contribution in [0.2, 0.25) is 10.0 Å². The summed E-state index contributed by atoms with van der Waals surface area (Å²) < 4.78 is 5.88. The van der Waals surface area contributed by atoms with E-state index in [9.17, 15) is 4.79 Å². The van der Waals surface area contributed by atoms with E-state index in [0.29, 0.717) is 28.6 Å². The first-order valence-electron chi connectivity index (χ1n) is 11.5. The van der Waals surface area contributed by atoms with Crippen LogP contribution in [0.25, 0.3) is 0 Å². The number of carbonyl (C=O) groups is 1. The van der Waals surface area contributed by atoms with E-state index in [-0.39, 0.29) is 11.9 Å². The third kappa shape index (κ3) is 9.36. The molecule has 3 rings (SSSR count). The monoisotopic (exact) mass is 507 g/mol. The number of morpholine rings is 1. The first kappa shape index (κ1) is 27.8. The van der Waals surface area contributed by atoms with E-state index in [0.717, 1.165) is 30.0 Å². The van der Waals surface area contributed by atoms with Crippen molar-refractivity contribution in [1.82, 2.24) is 4.90 Å². The van der Waals surface area contributed by atoms with Crippen LogP contribution < -0.4 is 0 Å². The number of halogens is 2. The van der Waals surface area contributed by atoms with E-state index >= 15 is 0 Å². The van der Waals surface area contributed by atoms with Crippen molar-refractivity contribution in [2.45, 2.75) is 62.7 Å². The molecular weight excluding hydrogens is 473 g/mol. The normalized spacial score (nSPS) is 19.1. The largest absolute Gasteiger partial charge is 0.366 e. The summed E-state index contributed by atoms with van der Waals surface area (Å²) in [7, 11) is 0. The van der Waals surface area contributed by atoms with Gasteiger partial charge < -0.3 is 9.64 Å². The Balaban J connectivity index is 0.000000468. The summed E-state index contributed by atoms with van der Waals surface area (Å²) in [4.78, 5) is 15.1. The fourth-order valence-corrected chi connectivity index (χ4v) is 5.41. The number of rotatable bonds is 9. The smallest absolute Gasteiger partial charge is 0.252 e. The maximum absolute atomic E-state index is 13.1. The number of hydrogen-bond donors (Lipinski definition) is 0. The summed E-state index contributed by atoms with van der Waals surface area (Å²) in [6.07, 6.45) is 4.12. The Morgan fingerprint density at radius 3 is 2.27 bits per heavy atom. The molecule has 0 radical (unpaired) electrons. The van der Waals surface area contributed by atoms with Gasteiger partial charge in [0.25, 0.3) is 5.91 Å². The zero-order chi connectivity index (χ0) is 24.2. The Bertz CT molecular complexity index is 845. The molecule has 2 aromatic carbocycles. The molecule has 0 saturated carbocycles. The topological polar surface area (TPSA) is 29.5 Å². The van der Waals surface area contributed by atoms with Crippen molar-refractivity contribution in [3.63, 3.8) is 0 Å². The lowest BCUT2D eigenvalue weighted by Gasteiger charge is -2.41. The van der Waals surface area contributed by atoms with E-state index < -0.39 is 6.10 Å². The molecule has 3 atom stereocenters. The minimum Gasteiger partial charge on any atom is -0.366 e. The van der Waals surface area contributed by atoms with Gasteiger partial charge in [-0.1, -0.05) is 86.8 Å². The number of hydrogen-bond acceptors (Lipinski definition) is 3. The number of carbonyl (C=O) groups excluding carboxylic acids is 1. The predicted molar refractivity (Wildman–Crippen MR) is 143 cm³/mol. The molecule has 3 unspecified atom stereocenters. The van der Waals surface area contributed by atoms with Gasteiger partial charge in [0.2, 0.25) is 0 Å². The molecule has 0 bridgehead atoms. The number of benzene rings is 2. The van der Waals surface area contributed by atoms with E-state index in [2.05, 4.69) is 27.4 Å². The van der Waals surface area contributed by atoms with Crippen LogP contribution in [-0.2, 0) is 9.53 Å². The molecule has 1 aliphatic heterocycles. The molecule has 1 aliphatic rings. The van der Waals surface area contributed by atoms with Crippen molar-refractivity contribution in [1.29, 1.82) is 0 Å². The third-order valence-electron chi connectivity index (χ3n) is 5.23. The maximum Gasteiger partial charge on any atom is 0.252 e. The molecule has 3 nitrogen and oxygen atoms in total. The van der Waals surface area contributed by atoms with E-state index in [1.54, 1.807) is 6.08 Å². The van der Waals surface area contributed by atoms with Crippen molar-refractivity contribution < 1.29 is 9.53 Å². The second kappa shape index (κ2) is 14.7. The second-order valence-electron chi connectivity index (χ2n) is 8.30. The molecule has 33 heavy (non-hydrogen) atoms. The van der Waals surface area contributed by atoms with Crippen LogP contribution >= 0.6 is 35.0 Å². The van der Waals surface area contributed by atoms with Gasteiger partial charge in [0.05, 0.1) is 12.6 Å². The first-order valence-corrected chi connectivity index (χ1v) is 13.2. The minimum absolute atomic E-state index is 0.0621. The van der Waals surface area contributed by atoms with Crippen LogP contribution in [0.15, 0.2) is 67.3 Å². The fourth-order valence-electron chi connectivity index (χ4n) is 3.75. The summed E-state index contributed by atoms with van der Waals surface area (Å²) in [6.45, 7) is 11.7. The molecule has 2 aromatic rings. The standard InChI is InChI=1S/C21H30ClNO2S.C6H5Cl/c1-5-7-18(26-15(3)4)13-23-19(16-9-11-17(22)12-10-16)14-25-20(8-6-2)21(23)24;7-6-4-2-1-3-5-6/h6,9-12,15,18-20H,2,5,7-8,13-14H2,1,3-4H3;1-5H. The van der Waals surface area contributed by atoms with Crippen molar-refractivity contribution >= 4 is 40.9 Å². The zero-order valence-electron chi connectivity index (χ0n) is 19.8. The van der Waals surface area contributed by atoms with Crippen LogP contribution in [0.5, 0.6) is 0 Å². The molecule has 0 spiro atoms. The van der Waals surface area contributed by atoms with Crippen molar-refractivity contribution in [2.75, 3.05) is 13.2 Å². The summed E-state index contributed by atoms with van der Waals surface area (Å²) >= 11 is 13.5. The molecule has 180 valence electrons. The van der Waals surface area contributed by atoms with Crippen LogP contribution in [-0.4, -0.2) is 40.6 Å². The quantitative estimate of drug-likeness (QED) is 0.323. The van der Waals surface area contributed by atoms with Gasteiger partial charge in [-0.2, -0.15) is 11.8 Å². The predicted octanol–water partition coefficient (Wildman–Crippen LogP) is 7.83. The molecule has 1 saturated heterocycles. The Kier molecular flexibility index (Phi) is 12.4. The molecule has 0 aromatic heterocycles. The van der Waals surface area contributed by atoms with Gasteiger partial charge in [-0.3, -0.25) is 4.79 Å². The highest BCUT2D eigenvalue weighted by atomic mass is 35.5. The molecule has 0 aliphatic carbocycles. The van der Waals surface area contributed by atoms with Crippen molar-refractivity contribution in [3.8, 4) is 0 Å². The summed E-state index contributed by atoms with van der Waals surface area (Å²) in [5.74, 6) is 0.0709. The lowest BCUT2D eigenvalue weighted by molar-refractivity contribution is -0.159. The van der Waals surface area contributed by atoms with Gasteiger partial charge in [0.15, 0.2) is 0 Å². The third-order valence-corrected chi connectivity index (χ3v) is 7.05. The van der Waals surface area contributed by atoms with Gasteiger partial charge in [-0.15, -0.1) is 6.58 Å². The van der Waals surface area contributed by atoms with Gasteiger partial charge in [0, 0.05) is 28.3 Å². The van der Waals surface area contributed by atoms with Gasteiger partial charge >= 0.3 is 0 Å². The molecule has 0 N–H and O–H groups in total. The molecule has 1 amide bonds. The lowest BCUT2D eigenvalue weighted by Crippen LogP contribution is -2.51. The molecule has 1 heterocycles. The number of amides is 1. The Morgan fingerprint density at radius 2 is 1.76 bits per heavy atom. The molecule has 1 fully saturated rings. The van der Waals surface area contributed by atoms with E-state index in [1.807, 2.05) is 71.3 Å². The Morgan fingerprint density at radius 1 is 1.12 bits per heavy atom. The van der Waals surface area contributed by atoms with Crippen LogP contribution in [0.1, 0.15) is 51.6 Å². The number of ether oxygens (including phenoxy) is 1. The highest BCUT2D eigenvalue weighted by Crippen LogP contribution is 2.32. The van der Waals surface area contributed by atoms with Gasteiger partial charge in [0.1, 0.15) is 6.10 Å². The SMILES string of the molecule is C=CCC1OCC(c2ccc(Cl)cc2)N(CC(CCC)SC(C)C)C1=O.Clc1ccccc1. The van der Waals surface area contributed by atoms with E-state index in [1.165, 1.54) is 0 Å². The molecular formula is C27H35Cl2NO2S. The summed E-state index contributed by atoms with van der Waals surface area (Å²) in [5.41, 5.74) is 1.07. The average molecular weight is 509 g/mol. The Hall–Kier alpha value is -1.46. The highest BCUT2D eigenvalue weighted by molar-refractivity contribution is 8.00. The van der Waals surface area contributed by atoms with Crippen molar-refractivity contribution in [2.24, 2.45) is 0 Å². The number of nitrogens with zero attached hydrogens (tertiary/aromatic N) is 1. The second-order valence-corrected chi connectivity index (χ2v) is 11.0. The van der Waals surface area contributed by atoms with E-state index in [4.69, 9.17) is 27.9 Å². The average Bonchev–Trinajstić information content (AvgIpc) is 2.78. The fraction of sp³-hybridized carbons (Fsp3) is 0.444. The van der Waals surface area contributed by atoms with Crippen molar-refractivity contribution in [3.05, 3.63) is 82.9 Å². The maximum atomic E-state index is 13.1.